The molecule has 0 aliphatic carbocycles. The highest BCUT2D eigenvalue weighted by Gasteiger charge is 2.20. The number of aromatic nitrogens is 2. The maximum atomic E-state index is 12.2. The standard InChI is InChI=1S/C14H14N4O2S2/c19-11(17-3-1-2-4-17)8-15-12(20)10-7-9-13(22-10)16-14-18(9)5-6-21-14/h5-7H,1-4,8H2,(H,15,20). The van der Waals surface area contributed by atoms with Crippen LogP contribution in [-0.4, -0.2) is 45.7 Å². The Kier molecular flexibility index (Phi) is 3.34. The first-order valence-electron chi connectivity index (χ1n) is 7.13. The monoisotopic (exact) mass is 334 g/mol. The van der Waals surface area contributed by atoms with Crippen LogP contribution in [-0.2, 0) is 4.79 Å². The molecule has 1 saturated heterocycles. The topological polar surface area (TPSA) is 66.7 Å². The number of thiophene rings is 1. The third-order valence-corrected chi connectivity index (χ3v) is 5.60. The number of hydrogen-bond acceptors (Lipinski definition) is 5. The summed E-state index contributed by atoms with van der Waals surface area (Å²) >= 11 is 2.93. The molecule has 4 rings (SSSR count). The van der Waals surface area contributed by atoms with Gasteiger partial charge in [-0.1, -0.05) is 0 Å². The lowest BCUT2D eigenvalue weighted by Crippen LogP contribution is -2.38. The summed E-state index contributed by atoms with van der Waals surface area (Å²) in [4.78, 5) is 32.8. The third kappa shape index (κ3) is 2.28. The molecule has 0 radical (unpaired) electrons. The molecule has 1 fully saturated rings. The fraction of sp³-hybridized carbons (Fsp3) is 0.357. The van der Waals surface area contributed by atoms with Crippen LogP contribution in [0, 0.1) is 0 Å². The number of fused-ring (bicyclic) bond motifs is 3. The molecule has 2 amide bonds. The van der Waals surface area contributed by atoms with E-state index in [1.165, 1.54) is 11.3 Å². The highest BCUT2D eigenvalue weighted by molar-refractivity contribution is 7.21. The molecule has 114 valence electrons. The number of likely N-dealkylation sites (tertiary alicyclic amines) is 1. The van der Waals surface area contributed by atoms with Crippen LogP contribution in [0.3, 0.4) is 0 Å². The summed E-state index contributed by atoms with van der Waals surface area (Å²) in [6.45, 7) is 1.67. The highest BCUT2D eigenvalue weighted by atomic mass is 32.1. The lowest BCUT2D eigenvalue weighted by molar-refractivity contribution is -0.129. The second kappa shape index (κ2) is 5.36. The molecule has 8 heteroatoms. The fourth-order valence-electron chi connectivity index (χ4n) is 2.68. The van der Waals surface area contributed by atoms with Gasteiger partial charge in [-0.05, 0) is 18.9 Å². The van der Waals surface area contributed by atoms with E-state index in [1.54, 1.807) is 16.2 Å². The molecule has 0 bridgehead atoms. The highest BCUT2D eigenvalue weighted by Crippen LogP contribution is 2.28. The fourth-order valence-corrected chi connectivity index (χ4v) is 4.40. The van der Waals surface area contributed by atoms with E-state index in [0.717, 1.165) is 41.2 Å². The van der Waals surface area contributed by atoms with Gasteiger partial charge in [0.2, 0.25) is 5.91 Å². The van der Waals surface area contributed by atoms with Crippen LogP contribution < -0.4 is 5.32 Å². The van der Waals surface area contributed by atoms with Crippen molar-refractivity contribution < 1.29 is 9.59 Å². The lowest BCUT2D eigenvalue weighted by atomic mass is 10.4. The quantitative estimate of drug-likeness (QED) is 0.796. The van der Waals surface area contributed by atoms with Gasteiger partial charge in [-0.15, -0.1) is 22.7 Å². The summed E-state index contributed by atoms with van der Waals surface area (Å²) in [6, 6.07) is 1.84. The number of thiazole rings is 1. The molecular weight excluding hydrogens is 320 g/mol. The number of hydrogen-bond donors (Lipinski definition) is 1. The zero-order chi connectivity index (χ0) is 15.1. The van der Waals surface area contributed by atoms with Crippen molar-refractivity contribution in [3.05, 3.63) is 22.5 Å². The third-order valence-electron chi connectivity index (χ3n) is 3.82. The van der Waals surface area contributed by atoms with Crippen LogP contribution in [0.1, 0.15) is 22.5 Å². The molecule has 0 aromatic carbocycles. The Morgan fingerprint density at radius 3 is 2.95 bits per heavy atom. The van der Waals surface area contributed by atoms with E-state index in [2.05, 4.69) is 10.3 Å². The first-order valence-corrected chi connectivity index (χ1v) is 8.83. The van der Waals surface area contributed by atoms with Crippen molar-refractivity contribution in [3.8, 4) is 0 Å². The Balaban J connectivity index is 1.47. The van der Waals surface area contributed by atoms with Gasteiger partial charge in [0.15, 0.2) is 4.96 Å². The second-order valence-electron chi connectivity index (χ2n) is 5.24. The Bertz CT molecular complexity index is 857. The number of nitrogens with zero attached hydrogens (tertiary/aromatic N) is 3. The molecule has 1 aliphatic heterocycles. The molecule has 22 heavy (non-hydrogen) atoms. The lowest BCUT2D eigenvalue weighted by Gasteiger charge is -2.15. The summed E-state index contributed by atoms with van der Waals surface area (Å²) in [5.41, 5.74) is 0.942. The minimum Gasteiger partial charge on any atom is -0.342 e. The molecular formula is C14H14N4O2S2. The van der Waals surface area contributed by atoms with E-state index in [4.69, 9.17) is 0 Å². The Morgan fingerprint density at radius 2 is 2.14 bits per heavy atom. The van der Waals surface area contributed by atoms with Crippen molar-refractivity contribution in [2.24, 2.45) is 0 Å². The van der Waals surface area contributed by atoms with Gasteiger partial charge < -0.3 is 10.2 Å². The number of carbonyl (C=O) groups is 2. The molecule has 3 aromatic rings. The van der Waals surface area contributed by atoms with E-state index < -0.39 is 0 Å². The van der Waals surface area contributed by atoms with Gasteiger partial charge in [0.1, 0.15) is 4.83 Å². The van der Waals surface area contributed by atoms with Crippen molar-refractivity contribution in [1.29, 1.82) is 0 Å². The molecule has 3 aromatic heterocycles. The summed E-state index contributed by atoms with van der Waals surface area (Å²) in [5, 5.41) is 4.68. The average molecular weight is 334 g/mol. The largest absolute Gasteiger partial charge is 0.342 e. The minimum atomic E-state index is -0.209. The summed E-state index contributed by atoms with van der Waals surface area (Å²) < 4.78 is 1.97. The van der Waals surface area contributed by atoms with E-state index in [1.807, 2.05) is 22.0 Å². The van der Waals surface area contributed by atoms with Crippen LogP contribution in [0.4, 0.5) is 0 Å². The van der Waals surface area contributed by atoms with Gasteiger partial charge in [-0.2, -0.15) is 0 Å². The van der Waals surface area contributed by atoms with Crippen molar-refractivity contribution in [1.82, 2.24) is 19.6 Å². The Morgan fingerprint density at radius 1 is 1.32 bits per heavy atom. The summed E-state index contributed by atoms with van der Waals surface area (Å²) in [7, 11) is 0. The molecule has 1 N–H and O–H groups in total. The summed E-state index contributed by atoms with van der Waals surface area (Å²) in [6.07, 6.45) is 4.05. The van der Waals surface area contributed by atoms with Crippen LogP contribution in [0.5, 0.6) is 0 Å². The van der Waals surface area contributed by atoms with Gasteiger partial charge in [0, 0.05) is 24.7 Å². The first-order chi connectivity index (χ1) is 10.7. The number of rotatable bonds is 3. The molecule has 1 aliphatic rings. The normalized spacial score (nSPS) is 15.0. The molecule has 4 heterocycles. The van der Waals surface area contributed by atoms with Crippen molar-refractivity contribution in [3.63, 3.8) is 0 Å². The molecule has 0 unspecified atom stereocenters. The predicted octanol–water partition coefficient (Wildman–Crippen LogP) is 1.96. The van der Waals surface area contributed by atoms with E-state index in [-0.39, 0.29) is 18.4 Å². The van der Waals surface area contributed by atoms with Crippen molar-refractivity contribution >= 4 is 49.8 Å². The minimum absolute atomic E-state index is 0.00543. The van der Waals surface area contributed by atoms with Gasteiger partial charge in [-0.3, -0.25) is 14.0 Å². The Hall–Kier alpha value is -1.93. The Labute approximate surface area is 134 Å². The van der Waals surface area contributed by atoms with Gasteiger partial charge >= 0.3 is 0 Å². The smallest absolute Gasteiger partial charge is 0.261 e. The number of carbonyl (C=O) groups excluding carboxylic acids is 2. The number of nitrogens with one attached hydrogen (secondary N) is 1. The van der Waals surface area contributed by atoms with Crippen LogP contribution in [0.2, 0.25) is 0 Å². The summed E-state index contributed by atoms with van der Waals surface area (Å²) in [5.74, 6) is -0.214. The van der Waals surface area contributed by atoms with Crippen molar-refractivity contribution in [2.45, 2.75) is 12.8 Å². The van der Waals surface area contributed by atoms with Crippen LogP contribution in [0.25, 0.3) is 15.3 Å². The first kappa shape index (κ1) is 13.7. The maximum absolute atomic E-state index is 12.2. The molecule has 6 nitrogen and oxygen atoms in total. The molecule has 0 saturated carbocycles. The van der Waals surface area contributed by atoms with E-state index >= 15 is 0 Å². The number of amides is 2. The molecule has 0 spiro atoms. The zero-order valence-electron chi connectivity index (χ0n) is 11.7. The average Bonchev–Trinajstić information content (AvgIpc) is 3.23. The number of imidazole rings is 1. The van der Waals surface area contributed by atoms with Crippen LogP contribution in [0.15, 0.2) is 17.6 Å². The SMILES string of the molecule is O=C(NCC(=O)N1CCCC1)c1cc2c(nc3sccn32)s1. The maximum Gasteiger partial charge on any atom is 0.261 e. The predicted molar refractivity (Wildman–Crippen MR) is 86.6 cm³/mol. The zero-order valence-corrected chi connectivity index (χ0v) is 13.4. The van der Waals surface area contributed by atoms with Crippen LogP contribution >= 0.6 is 22.7 Å². The van der Waals surface area contributed by atoms with Gasteiger partial charge in [0.25, 0.3) is 5.91 Å². The van der Waals surface area contributed by atoms with Crippen molar-refractivity contribution in [2.75, 3.05) is 19.6 Å². The van der Waals surface area contributed by atoms with Gasteiger partial charge in [0.05, 0.1) is 16.9 Å². The van der Waals surface area contributed by atoms with E-state index in [9.17, 15) is 9.59 Å². The molecule has 0 atom stereocenters. The second-order valence-corrected chi connectivity index (χ2v) is 7.14. The van der Waals surface area contributed by atoms with Gasteiger partial charge in [-0.25, -0.2) is 4.98 Å². The van der Waals surface area contributed by atoms with E-state index in [0.29, 0.717) is 4.88 Å².